The van der Waals surface area contributed by atoms with E-state index in [4.69, 9.17) is 4.74 Å². The highest BCUT2D eigenvalue weighted by molar-refractivity contribution is 8.00. The molecule has 1 atom stereocenters. The predicted molar refractivity (Wildman–Crippen MR) is 123 cm³/mol. The lowest BCUT2D eigenvalue weighted by molar-refractivity contribution is -0.115. The Bertz CT molecular complexity index is 1050. The monoisotopic (exact) mass is 456 g/mol. The Morgan fingerprint density at radius 1 is 1.16 bits per heavy atom. The zero-order chi connectivity index (χ0) is 22.4. The molecule has 3 aromatic rings. The molecule has 0 aliphatic heterocycles. The van der Waals surface area contributed by atoms with E-state index in [0.29, 0.717) is 27.3 Å². The molecular formula is C22H24N4O3S2. The molecule has 0 saturated carbocycles. The highest BCUT2D eigenvalue weighted by Crippen LogP contribution is 2.28. The standard InChI is InChI=1S/C22H24N4O3S2/c1-13(2)11-29-21(28)19-14(3)25-22(31-19)26-20(27)15(4)30-18-10-17(23-12-24-18)16-8-6-5-7-9-16/h5-10,12-13,15H,11H2,1-4H3,(H,25,26,27). The number of amides is 1. The molecule has 3 rings (SSSR count). The van der Waals surface area contributed by atoms with Crippen LogP contribution in [0.2, 0.25) is 0 Å². The molecule has 2 aromatic heterocycles. The number of hydrogen-bond acceptors (Lipinski definition) is 8. The number of thioether (sulfide) groups is 1. The van der Waals surface area contributed by atoms with Crippen molar-refractivity contribution in [2.45, 2.75) is 38.0 Å². The Morgan fingerprint density at radius 3 is 2.61 bits per heavy atom. The summed E-state index contributed by atoms with van der Waals surface area (Å²) in [6, 6.07) is 11.7. The molecule has 9 heteroatoms. The van der Waals surface area contributed by atoms with Crippen molar-refractivity contribution in [3.63, 3.8) is 0 Å². The molecule has 0 aliphatic rings. The molecule has 0 aliphatic carbocycles. The van der Waals surface area contributed by atoms with Crippen LogP contribution in [-0.2, 0) is 9.53 Å². The third kappa shape index (κ3) is 6.35. The number of anilines is 1. The number of esters is 1. The maximum absolute atomic E-state index is 12.7. The van der Waals surface area contributed by atoms with Gasteiger partial charge in [-0.25, -0.2) is 19.7 Å². The van der Waals surface area contributed by atoms with Gasteiger partial charge < -0.3 is 10.1 Å². The second-order valence-corrected chi connectivity index (χ2v) is 9.64. The lowest BCUT2D eigenvalue weighted by Gasteiger charge is -2.10. The Morgan fingerprint density at radius 2 is 1.90 bits per heavy atom. The fourth-order valence-electron chi connectivity index (χ4n) is 2.56. The molecule has 1 amide bonds. The van der Waals surface area contributed by atoms with Crippen LogP contribution in [-0.4, -0.2) is 38.7 Å². The number of nitrogens with one attached hydrogen (secondary N) is 1. The summed E-state index contributed by atoms with van der Waals surface area (Å²) in [6.45, 7) is 7.80. The van der Waals surface area contributed by atoms with Crippen LogP contribution in [0.5, 0.6) is 0 Å². The van der Waals surface area contributed by atoms with Crippen molar-refractivity contribution in [2.24, 2.45) is 5.92 Å². The first-order valence-electron chi connectivity index (χ1n) is 9.83. The van der Waals surface area contributed by atoms with Gasteiger partial charge in [-0.2, -0.15) is 0 Å². The highest BCUT2D eigenvalue weighted by Gasteiger charge is 2.21. The molecule has 2 heterocycles. The van der Waals surface area contributed by atoms with Gasteiger partial charge in [-0.15, -0.1) is 0 Å². The molecule has 0 radical (unpaired) electrons. The van der Waals surface area contributed by atoms with Crippen molar-refractivity contribution in [3.8, 4) is 11.3 Å². The molecular weight excluding hydrogens is 432 g/mol. The summed E-state index contributed by atoms with van der Waals surface area (Å²) >= 11 is 2.45. The minimum Gasteiger partial charge on any atom is -0.461 e. The number of thiazole rings is 1. The molecule has 1 N–H and O–H groups in total. The molecule has 31 heavy (non-hydrogen) atoms. The predicted octanol–water partition coefficient (Wildman–Crippen LogP) is 4.84. The maximum Gasteiger partial charge on any atom is 0.350 e. The topological polar surface area (TPSA) is 94.1 Å². The van der Waals surface area contributed by atoms with E-state index in [1.807, 2.05) is 50.2 Å². The van der Waals surface area contributed by atoms with Crippen LogP contribution in [0.1, 0.15) is 36.1 Å². The quantitative estimate of drug-likeness (QED) is 0.294. The molecule has 0 saturated heterocycles. The fraction of sp³-hybridized carbons (Fsp3) is 0.318. The van der Waals surface area contributed by atoms with Gasteiger partial charge in [0.2, 0.25) is 5.91 Å². The summed E-state index contributed by atoms with van der Waals surface area (Å²) < 4.78 is 5.26. The largest absolute Gasteiger partial charge is 0.461 e. The lowest BCUT2D eigenvalue weighted by atomic mass is 10.1. The molecule has 0 spiro atoms. The van der Waals surface area contributed by atoms with Crippen LogP contribution in [0, 0.1) is 12.8 Å². The van der Waals surface area contributed by atoms with Crippen molar-refractivity contribution in [1.82, 2.24) is 15.0 Å². The fourth-order valence-corrected chi connectivity index (χ4v) is 4.24. The average Bonchev–Trinajstić information content (AvgIpc) is 3.12. The van der Waals surface area contributed by atoms with Crippen LogP contribution in [0.3, 0.4) is 0 Å². The number of ether oxygens (including phenoxy) is 1. The van der Waals surface area contributed by atoms with Crippen LogP contribution in [0.25, 0.3) is 11.3 Å². The zero-order valence-electron chi connectivity index (χ0n) is 17.8. The van der Waals surface area contributed by atoms with Gasteiger partial charge in [-0.3, -0.25) is 4.79 Å². The number of benzene rings is 1. The van der Waals surface area contributed by atoms with E-state index in [0.717, 1.165) is 22.6 Å². The van der Waals surface area contributed by atoms with E-state index in [-0.39, 0.29) is 11.8 Å². The van der Waals surface area contributed by atoms with Gasteiger partial charge in [0.15, 0.2) is 5.13 Å². The van der Waals surface area contributed by atoms with E-state index in [2.05, 4.69) is 20.3 Å². The number of carbonyl (C=O) groups excluding carboxylic acids is 2. The van der Waals surface area contributed by atoms with Crippen molar-refractivity contribution in [1.29, 1.82) is 0 Å². The third-order valence-corrected chi connectivity index (χ3v) is 6.22. The summed E-state index contributed by atoms with van der Waals surface area (Å²) in [4.78, 5) is 38.1. The third-order valence-electron chi connectivity index (χ3n) is 4.14. The molecule has 162 valence electrons. The molecule has 0 fully saturated rings. The normalized spacial score (nSPS) is 11.9. The van der Waals surface area contributed by atoms with Gasteiger partial charge in [0.1, 0.15) is 16.2 Å². The minimum absolute atomic E-state index is 0.222. The van der Waals surface area contributed by atoms with Crippen LogP contribution in [0.4, 0.5) is 5.13 Å². The van der Waals surface area contributed by atoms with Gasteiger partial charge >= 0.3 is 5.97 Å². The Balaban J connectivity index is 1.63. The summed E-state index contributed by atoms with van der Waals surface area (Å²) in [5.74, 6) is -0.389. The number of rotatable bonds is 8. The van der Waals surface area contributed by atoms with Crippen LogP contribution < -0.4 is 5.32 Å². The lowest BCUT2D eigenvalue weighted by Crippen LogP contribution is -2.22. The number of carbonyl (C=O) groups is 2. The van der Waals surface area contributed by atoms with Crippen molar-refractivity contribution < 1.29 is 14.3 Å². The first-order chi connectivity index (χ1) is 14.8. The smallest absolute Gasteiger partial charge is 0.350 e. The molecule has 7 nitrogen and oxygen atoms in total. The minimum atomic E-state index is -0.418. The highest BCUT2D eigenvalue weighted by atomic mass is 32.2. The molecule has 1 aromatic carbocycles. The Labute approximate surface area is 189 Å². The zero-order valence-corrected chi connectivity index (χ0v) is 19.4. The van der Waals surface area contributed by atoms with E-state index in [1.54, 1.807) is 13.8 Å². The molecule has 1 unspecified atom stereocenters. The van der Waals surface area contributed by atoms with Gasteiger partial charge in [-0.05, 0) is 25.8 Å². The number of aromatic nitrogens is 3. The van der Waals surface area contributed by atoms with E-state index in [9.17, 15) is 9.59 Å². The molecule has 0 bridgehead atoms. The van der Waals surface area contributed by atoms with Crippen LogP contribution >= 0.6 is 23.1 Å². The first kappa shape index (κ1) is 22.9. The summed E-state index contributed by atoms with van der Waals surface area (Å²) in [5, 5.41) is 3.44. The summed E-state index contributed by atoms with van der Waals surface area (Å²) in [7, 11) is 0. The van der Waals surface area contributed by atoms with Gasteiger partial charge in [0, 0.05) is 5.56 Å². The number of nitrogens with zero attached hydrogens (tertiary/aromatic N) is 3. The van der Waals surface area contributed by atoms with E-state index < -0.39 is 11.2 Å². The maximum atomic E-state index is 12.7. The number of aryl methyl sites for hydroxylation is 1. The van der Waals surface area contributed by atoms with Crippen molar-refractivity contribution in [2.75, 3.05) is 11.9 Å². The second-order valence-electron chi connectivity index (χ2n) is 7.28. The number of hydrogen-bond donors (Lipinski definition) is 1. The second kappa shape index (κ2) is 10.5. The summed E-state index contributed by atoms with van der Waals surface area (Å²) in [6.07, 6.45) is 1.49. The van der Waals surface area contributed by atoms with Crippen molar-refractivity contribution >= 4 is 40.1 Å². The van der Waals surface area contributed by atoms with E-state index >= 15 is 0 Å². The first-order valence-corrected chi connectivity index (χ1v) is 11.5. The average molecular weight is 457 g/mol. The van der Waals surface area contributed by atoms with Gasteiger partial charge in [0.05, 0.1) is 23.2 Å². The SMILES string of the molecule is Cc1nc(NC(=O)C(C)Sc2cc(-c3ccccc3)ncn2)sc1C(=O)OCC(C)C. The van der Waals surface area contributed by atoms with Gasteiger partial charge in [0.25, 0.3) is 0 Å². The van der Waals surface area contributed by atoms with Crippen molar-refractivity contribution in [3.05, 3.63) is 53.3 Å². The van der Waals surface area contributed by atoms with Gasteiger partial charge in [-0.1, -0.05) is 67.3 Å². The Hall–Kier alpha value is -2.78. The summed E-state index contributed by atoms with van der Waals surface area (Å²) in [5.41, 5.74) is 2.32. The Kier molecular flexibility index (Phi) is 7.75. The van der Waals surface area contributed by atoms with E-state index in [1.165, 1.54) is 18.1 Å². The van der Waals surface area contributed by atoms with Crippen LogP contribution in [0.15, 0.2) is 47.8 Å².